The predicted octanol–water partition coefficient (Wildman–Crippen LogP) is 3.46. The molecule has 0 saturated heterocycles. The molecule has 0 radical (unpaired) electrons. The largest absolute Gasteiger partial charge is 0.448 e. The van der Waals surface area contributed by atoms with Crippen molar-refractivity contribution in [1.29, 1.82) is 0 Å². The highest BCUT2D eigenvalue weighted by Gasteiger charge is 2.04. The van der Waals surface area contributed by atoms with Gasteiger partial charge in [0.25, 0.3) is 5.91 Å². The lowest BCUT2D eigenvalue weighted by Gasteiger charge is -1.99. The summed E-state index contributed by atoms with van der Waals surface area (Å²) in [5, 5.41) is 4.28. The van der Waals surface area contributed by atoms with E-state index < -0.39 is 0 Å². The van der Waals surface area contributed by atoms with Crippen LogP contribution in [-0.2, 0) is 0 Å². The van der Waals surface area contributed by atoms with Crippen molar-refractivity contribution in [3.63, 3.8) is 0 Å². The number of carbonyl (C=O) groups is 1. The zero-order valence-electron chi connectivity index (χ0n) is 9.06. The van der Waals surface area contributed by atoms with Gasteiger partial charge in [0.2, 0.25) is 0 Å². The van der Waals surface area contributed by atoms with Gasteiger partial charge in [0, 0.05) is 10.6 Å². The van der Waals surface area contributed by atoms with Gasteiger partial charge in [-0.25, -0.2) is 5.43 Å². The number of furan rings is 1. The van der Waals surface area contributed by atoms with E-state index in [1.54, 1.807) is 36.4 Å². The first-order chi connectivity index (χ1) is 8.65. The van der Waals surface area contributed by atoms with Gasteiger partial charge < -0.3 is 4.42 Å². The van der Waals surface area contributed by atoms with Gasteiger partial charge in [0.15, 0.2) is 4.67 Å². The molecule has 2 aromatic rings. The minimum Gasteiger partial charge on any atom is -0.448 e. The molecule has 0 unspecified atom stereocenters. The van der Waals surface area contributed by atoms with Gasteiger partial charge in [0.1, 0.15) is 5.76 Å². The smallest absolute Gasteiger partial charge is 0.271 e. The van der Waals surface area contributed by atoms with Crippen molar-refractivity contribution >= 4 is 39.7 Å². The summed E-state index contributed by atoms with van der Waals surface area (Å²) in [6.45, 7) is 0. The number of hydrogen-bond acceptors (Lipinski definition) is 3. The summed E-state index contributed by atoms with van der Waals surface area (Å²) < 4.78 is 5.79. The molecule has 0 atom stereocenters. The number of amides is 1. The number of rotatable bonds is 3. The van der Waals surface area contributed by atoms with E-state index in [0.717, 1.165) is 0 Å². The fourth-order valence-electron chi connectivity index (χ4n) is 1.25. The molecule has 0 bridgehead atoms. The first kappa shape index (κ1) is 12.9. The van der Waals surface area contributed by atoms with Crippen LogP contribution in [0.1, 0.15) is 16.1 Å². The third-order valence-electron chi connectivity index (χ3n) is 2.04. The molecule has 6 heteroatoms. The number of nitrogens with zero attached hydrogens (tertiary/aromatic N) is 1. The van der Waals surface area contributed by atoms with Gasteiger partial charge >= 0.3 is 0 Å². The zero-order chi connectivity index (χ0) is 13.0. The third-order valence-corrected chi connectivity index (χ3v) is 2.70. The Balaban J connectivity index is 1.98. The molecule has 2 rings (SSSR count). The van der Waals surface area contributed by atoms with Crippen LogP contribution in [0.5, 0.6) is 0 Å². The maximum Gasteiger partial charge on any atom is 0.271 e. The van der Waals surface area contributed by atoms with Crippen molar-refractivity contribution < 1.29 is 9.21 Å². The van der Waals surface area contributed by atoms with Crippen molar-refractivity contribution in [3.8, 4) is 0 Å². The standard InChI is InChI=1S/C12H8BrClN2O2/c13-11-5-4-10(18-11)7-15-16-12(17)8-2-1-3-9(14)6-8/h1-7H,(H,16,17)/b15-7-. The maximum absolute atomic E-state index is 11.7. The second-order valence-corrected chi connectivity index (χ2v) is 4.57. The molecule has 0 spiro atoms. The SMILES string of the molecule is O=C(N/N=C\c1ccc(Br)o1)c1cccc(Cl)c1. The molecule has 92 valence electrons. The molecule has 1 heterocycles. The zero-order valence-corrected chi connectivity index (χ0v) is 11.4. The van der Waals surface area contributed by atoms with Crippen LogP contribution < -0.4 is 5.43 Å². The molecule has 0 aliphatic rings. The molecular formula is C12H8BrClN2O2. The molecular weight excluding hydrogens is 320 g/mol. The molecule has 1 aromatic heterocycles. The molecule has 18 heavy (non-hydrogen) atoms. The van der Waals surface area contributed by atoms with Crippen molar-refractivity contribution in [1.82, 2.24) is 5.43 Å². The molecule has 1 aromatic carbocycles. The fourth-order valence-corrected chi connectivity index (χ4v) is 1.76. The van der Waals surface area contributed by atoms with E-state index in [-0.39, 0.29) is 5.91 Å². The topological polar surface area (TPSA) is 54.6 Å². The number of halogens is 2. The summed E-state index contributed by atoms with van der Waals surface area (Å²) in [7, 11) is 0. The van der Waals surface area contributed by atoms with Gasteiger partial charge in [-0.05, 0) is 46.3 Å². The Kier molecular flexibility index (Phi) is 4.17. The van der Waals surface area contributed by atoms with Crippen LogP contribution in [0.3, 0.4) is 0 Å². The van der Waals surface area contributed by atoms with Crippen LogP contribution >= 0.6 is 27.5 Å². The minimum absolute atomic E-state index is 0.334. The first-order valence-electron chi connectivity index (χ1n) is 4.99. The van der Waals surface area contributed by atoms with Crippen LogP contribution in [0.15, 0.2) is 50.6 Å². The van der Waals surface area contributed by atoms with E-state index in [9.17, 15) is 4.79 Å². The minimum atomic E-state index is -0.334. The van der Waals surface area contributed by atoms with Gasteiger partial charge in [-0.15, -0.1) is 0 Å². The highest BCUT2D eigenvalue weighted by atomic mass is 79.9. The van der Waals surface area contributed by atoms with Gasteiger partial charge in [-0.1, -0.05) is 17.7 Å². The van der Waals surface area contributed by atoms with Gasteiger partial charge in [-0.2, -0.15) is 5.10 Å². The number of hydrazone groups is 1. The Bertz CT molecular complexity index is 595. The van der Waals surface area contributed by atoms with E-state index in [1.165, 1.54) is 6.21 Å². The van der Waals surface area contributed by atoms with E-state index >= 15 is 0 Å². The fraction of sp³-hybridized carbons (Fsp3) is 0. The van der Waals surface area contributed by atoms with Crippen LogP contribution in [0, 0.1) is 0 Å². The first-order valence-corrected chi connectivity index (χ1v) is 6.16. The summed E-state index contributed by atoms with van der Waals surface area (Å²) in [6.07, 6.45) is 1.41. The Morgan fingerprint density at radius 2 is 2.22 bits per heavy atom. The number of nitrogens with one attached hydrogen (secondary N) is 1. The Morgan fingerprint density at radius 3 is 2.89 bits per heavy atom. The van der Waals surface area contributed by atoms with Crippen LogP contribution in [0.2, 0.25) is 5.02 Å². The lowest BCUT2D eigenvalue weighted by molar-refractivity contribution is 0.0955. The van der Waals surface area contributed by atoms with Crippen LogP contribution in [-0.4, -0.2) is 12.1 Å². The normalized spacial score (nSPS) is 10.8. The van der Waals surface area contributed by atoms with Crippen molar-refractivity contribution in [2.75, 3.05) is 0 Å². The summed E-state index contributed by atoms with van der Waals surface area (Å²) in [5.74, 6) is 0.202. The van der Waals surface area contributed by atoms with E-state index in [4.69, 9.17) is 16.0 Å². The maximum atomic E-state index is 11.7. The average molecular weight is 328 g/mol. The molecule has 0 aliphatic carbocycles. The molecule has 1 amide bonds. The predicted molar refractivity (Wildman–Crippen MR) is 72.9 cm³/mol. The number of carbonyl (C=O) groups excluding carboxylic acids is 1. The van der Waals surface area contributed by atoms with Gasteiger partial charge in [0.05, 0.1) is 6.21 Å². The van der Waals surface area contributed by atoms with Crippen LogP contribution in [0.25, 0.3) is 0 Å². The number of hydrogen-bond donors (Lipinski definition) is 1. The van der Waals surface area contributed by atoms with E-state index in [2.05, 4.69) is 26.5 Å². The Hall–Kier alpha value is -1.59. The van der Waals surface area contributed by atoms with Crippen molar-refractivity contribution in [2.24, 2.45) is 5.10 Å². The highest BCUT2D eigenvalue weighted by molar-refractivity contribution is 9.10. The third kappa shape index (κ3) is 3.45. The monoisotopic (exact) mass is 326 g/mol. The van der Waals surface area contributed by atoms with Crippen LogP contribution in [0.4, 0.5) is 0 Å². The van der Waals surface area contributed by atoms with Gasteiger partial charge in [-0.3, -0.25) is 4.79 Å². The number of benzene rings is 1. The molecule has 0 saturated carbocycles. The molecule has 0 fully saturated rings. The summed E-state index contributed by atoms with van der Waals surface area (Å²) in [6, 6.07) is 10.1. The molecule has 0 aliphatic heterocycles. The Labute approximate surface area is 117 Å². The summed E-state index contributed by atoms with van der Waals surface area (Å²) in [4.78, 5) is 11.7. The lowest BCUT2D eigenvalue weighted by Crippen LogP contribution is -2.17. The average Bonchev–Trinajstić information content (AvgIpc) is 2.75. The second kappa shape index (κ2) is 5.84. The summed E-state index contributed by atoms with van der Waals surface area (Å²) in [5.41, 5.74) is 2.83. The molecule has 4 nitrogen and oxygen atoms in total. The second-order valence-electron chi connectivity index (χ2n) is 3.35. The highest BCUT2D eigenvalue weighted by Crippen LogP contribution is 2.12. The van der Waals surface area contributed by atoms with Crippen molar-refractivity contribution in [2.45, 2.75) is 0 Å². The molecule has 1 N–H and O–H groups in total. The van der Waals surface area contributed by atoms with Crippen molar-refractivity contribution in [3.05, 3.63) is 57.4 Å². The quantitative estimate of drug-likeness (QED) is 0.693. The summed E-state index contributed by atoms with van der Waals surface area (Å²) >= 11 is 8.95. The lowest BCUT2D eigenvalue weighted by atomic mass is 10.2. The van der Waals surface area contributed by atoms with E-state index in [0.29, 0.717) is 21.0 Å². The Morgan fingerprint density at radius 1 is 1.39 bits per heavy atom. The van der Waals surface area contributed by atoms with E-state index in [1.807, 2.05) is 0 Å².